The molecule has 4 N–H and O–H groups in total. The van der Waals surface area contributed by atoms with Crippen molar-refractivity contribution in [2.75, 3.05) is 20.2 Å². The van der Waals surface area contributed by atoms with Crippen LogP contribution in [0.1, 0.15) is 83.4 Å². The van der Waals surface area contributed by atoms with Crippen molar-refractivity contribution in [2.24, 2.45) is 0 Å². The van der Waals surface area contributed by atoms with E-state index in [1.807, 2.05) is 0 Å². The molecule has 2 aromatic carbocycles. The minimum atomic E-state index is -1.24. The molecule has 0 bridgehead atoms. The lowest BCUT2D eigenvalue weighted by atomic mass is 9.99. The summed E-state index contributed by atoms with van der Waals surface area (Å²) < 4.78 is 10.1. The van der Waals surface area contributed by atoms with Gasteiger partial charge in [-0.1, -0.05) is 63.3 Å². The van der Waals surface area contributed by atoms with E-state index < -0.39 is 48.1 Å². The molecule has 0 radical (unpaired) electrons. The summed E-state index contributed by atoms with van der Waals surface area (Å²) >= 11 is 0. The Kier molecular flexibility index (Phi) is 14.5. The third-order valence-corrected chi connectivity index (χ3v) is 6.78. The number of nitrogens with one attached hydrogen (secondary N) is 2. The summed E-state index contributed by atoms with van der Waals surface area (Å²) in [7, 11) is 1.20. The number of carbonyl (C=O) groups is 4. The predicted molar refractivity (Wildman–Crippen MR) is 166 cm³/mol. The highest BCUT2D eigenvalue weighted by Crippen LogP contribution is 2.27. The summed E-state index contributed by atoms with van der Waals surface area (Å²) in [5.74, 6) is -1.93. The van der Waals surface area contributed by atoms with Crippen LogP contribution in [-0.2, 0) is 30.3 Å². The first kappa shape index (κ1) is 35.9. The number of ether oxygens (including phenoxy) is 2. The third kappa shape index (κ3) is 12.5. The number of aromatic hydroxyl groups is 2. The smallest absolute Gasteiger partial charge is 0.408 e. The van der Waals surface area contributed by atoms with Crippen LogP contribution in [0.4, 0.5) is 4.79 Å². The number of nitrogens with zero attached hydrogens (tertiary/aromatic N) is 1. The number of phenolic OH excluding ortho intramolecular Hbond substituents is 2. The van der Waals surface area contributed by atoms with Crippen molar-refractivity contribution in [1.29, 1.82) is 0 Å². The van der Waals surface area contributed by atoms with Crippen molar-refractivity contribution in [3.63, 3.8) is 0 Å². The summed E-state index contributed by atoms with van der Waals surface area (Å²) in [6.45, 7) is 6.99. The molecule has 3 amide bonds. The Morgan fingerprint density at radius 1 is 0.909 bits per heavy atom. The van der Waals surface area contributed by atoms with E-state index in [-0.39, 0.29) is 24.5 Å². The van der Waals surface area contributed by atoms with Gasteiger partial charge in [0, 0.05) is 13.0 Å². The van der Waals surface area contributed by atoms with Crippen molar-refractivity contribution >= 4 is 23.9 Å². The number of carbonyl (C=O) groups excluding carboxylic acids is 4. The molecule has 2 rings (SSSR count). The van der Waals surface area contributed by atoms with E-state index in [1.54, 1.807) is 45.0 Å². The first-order valence-electron chi connectivity index (χ1n) is 15.1. The lowest BCUT2D eigenvalue weighted by Gasteiger charge is -2.34. The fourth-order valence-electron chi connectivity index (χ4n) is 4.64. The molecule has 0 saturated heterocycles. The lowest BCUT2D eigenvalue weighted by Crippen LogP contribution is -2.54. The Hall–Kier alpha value is -4.28. The van der Waals surface area contributed by atoms with Crippen LogP contribution in [0.5, 0.6) is 11.5 Å². The number of amides is 3. The Morgan fingerprint density at radius 3 is 2.18 bits per heavy atom. The molecule has 0 aromatic heterocycles. The minimum absolute atomic E-state index is 0.0435. The van der Waals surface area contributed by atoms with E-state index in [4.69, 9.17) is 4.74 Å². The van der Waals surface area contributed by atoms with Gasteiger partial charge in [-0.3, -0.25) is 14.4 Å². The van der Waals surface area contributed by atoms with Crippen molar-refractivity contribution in [3.05, 3.63) is 59.7 Å². The molecule has 2 atom stereocenters. The first-order chi connectivity index (χ1) is 20.8. The fraction of sp³-hybridized carbons (Fsp3) is 0.515. The van der Waals surface area contributed by atoms with E-state index in [1.165, 1.54) is 36.3 Å². The molecular formula is C33H47N3O8. The SMILES string of the molecule is CCCCCCCCN(C(=O)C(Cc1ccc(O)cc1)NC(=O)OC(C)(C)C)C(C(=O)NCC(=O)OC)c1cccc(O)c1. The Bertz CT molecular complexity index is 1230. The van der Waals surface area contributed by atoms with Gasteiger partial charge in [-0.2, -0.15) is 0 Å². The summed E-state index contributed by atoms with van der Waals surface area (Å²) in [5.41, 5.74) is 0.153. The van der Waals surface area contributed by atoms with Crippen LogP contribution in [0.15, 0.2) is 48.5 Å². The summed E-state index contributed by atoms with van der Waals surface area (Å²) in [6, 6.07) is 9.86. The number of phenols is 2. The van der Waals surface area contributed by atoms with Gasteiger partial charge in [0.05, 0.1) is 7.11 Å². The van der Waals surface area contributed by atoms with Crippen LogP contribution in [0.2, 0.25) is 0 Å². The van der Waals surface area contributed by atoms with Gasteiger partial charge in [-0.25, -0.2) is 4.79 Å². The molecule has 242 valence electrons. The van der Waals surface area contributed by atoms with Crippen molar-refractivity contribution in [2.45, 2.75) is 90.3 Å². The molecule has 44 heavy (non-hydrogen) atoms. The van der Waals surface area contributed by atoms with E-state index in [2.05, 4.69) is 22.3 Å². The highest BCUT2D eigenvalue weighted by atomic mass is 16.6. The molecule has 0 saturated carbocycles. The van der Waals surface area contributed by atoms with Crippen LogP contribution in [-0.4, -0.2) is 70.8 Å². The molecule has 11 heteroatoms. The number of hydrogen-bond donors (Lipinski definition) is 4. The van der Waals surface area contributed by atoms with Crippen molar-refractivity contribution < 1.29 is 38.9 Å². The van der Waals surface area contributed by atoms with Gasteiger partial charge in [0.15, 0.2) is 0 Å². The van der Waals surface area contributed by atoms with Gasteiger partial charge in [0.25, 0.3) is 0 Å². The zero-order valence-electron chi connectivity index (χ0n) is 26.4. The molecule has 0 spiro atoms. The number of rotatable bonds is 16. The van der Waals surface area contributed by atoms with Crippen LogP contribution in [0.25, 0.3) is 0 Å². The van der Waals surface area contributed by atoms with E-state index in [0.29, 0.717) is 17.5 Å². The van der Waals surface area contributed by atoms with Gasteiger partial charge in [0.1, 0.15) is 35.7 Å². The quantitative estimate of drug-likeness (QED) is 0.156. The van der Waals surface area contributed by atoms with E-state index in [9.17, 15) is 29.4 Å². The van der Waals surface area contributed by atoms with Gasteiger partial charge in [0.2, 0.25) is 11.8 Å². The Balaban J connectivity index is 2.54. The fourth-order valence-corrected chi connectivity index (χ4v) is 4.64. The maximum Gasteiger partial charge on any atom is 0.408 e. The standard InChI is InChI=1S/C33H47N3O8/c1-6-7-8-9-10-11-19-36(29(24-13-12-14-26(38)21-24)30(40)34-22-28(39)43-5)31(41)27(35-32(42)44-33(2,3)4)20-23-15-17-25(37)18-16-23/h12-18,21,27,29,37-38H,6-11,19-20,22H2,1-5H3,(H,34,40)(H,35,42). The normalized spacial score (nSPS) is 12.5. The number of unbranched alkanes of at least 4 members (excludes halogenated alkanes) is 5. The Labute approximate surface area is 259 Å². The number of hydrogen-bond acceptors (Lipinski definition) is 8. The van der Waals surface area contributed by atoms with E-state index in [0.717, 1.165) is 32.1 Å². The topological polar surface area (TPSA) is 154 Å². The maximum absolute atomic E-state index is 14.5. The van der Waals surface area contributed by atoms with Gasteiger partial charge >= 0.3 is 12.1 Å². The predicted octanol–water partition coefficient (Wildman–Crippen LogP) is 4.75. The van der Waals surface area contributed by atoms with Crippen LogP contribution >= 0.6 is 0 Å². The average Bonchev–Trinajstić information content (AvgIpc) is 2.96. The zero-order valence-corrected chi connectivity index (χ0v) is 26.4. The van der Waals surface area contributed by atoms with Crippen LogP contribution in [0, 0.1) is 0 Å². The monoisotopic (exact) mass is 613 g/mol. The second-order valence-corrected chi connectivity index (χ2v) is 11.7. The number of alkyl carbamates (subject to hydrolysis) is 1. The lowest BCUT2D eigenvalue weighted by molar-refractivity contribution is -0.144. The zero-order chi connectivity index (χ0) is 32.7. The molecule has 0 fully saturated rings. The molecule has 2 unspecified atom stereocenters. The van der Waals surface area contributed by atoms with Crippen molar-refractivity contribution in [1.82, 2.24) is 15.5 Å². The number of esters is 1. The molecule has 0 aliphatic carbocycles. The summed E-state index contributed by atoms with van der Waals surface area (Å²) in [4.78, 5) is 54.3. The largest absolute Gasteiger partial charge is 0.508 e. The van der Waals surface area contributed by atoms with Gasteiger partial charge < -0.3 is 35.2 Å². The molecule has 0 aliphatic rings. The number of benzene rings is 2. The van der Waals surface area contributed by atoms with Gasteiger partial charge in [-0.05, 0) is 62.6 Å². The molecule has 2 aromatic rings. The van der Waals surface area contributed by atoms with Crippen LogP contribution in [0.3, 0.4) is 0 Å². The summed E-state index contributed by atoms with van der Waals surface area (Å²) in [5, 5.41) is 25.3. The summed E-state index contributed by atoms with van der Waals surface area (Å²) in [6.07, 6.45) is 4.80. The van der Waals surface area contributed by atoms with E-state index >= 15 is 0 Å². The highest BCUT2D eigenvalue weighted by Gasteiger charge is 2.36. The Morgan fingerprint density at radius 2 is 1.57 bits per heavy atom. The van der Waals surface area contributed by atoms with Crippen LogP contribution < -0.4 is 10.6 Å². The minimum Gasteiger partial charge on any atom is -0.508 e. The second-order valence-electron chi connectivity index (χ2n) is 11.7. The van der Waals surface area contributed by atoms with Crippen molar-refractivity contribution in [3.8, 4) is 11.5 Å². The first-order valence-corrected chi connectivity index (χ1v) is 15.1. The maximum atomic E-state index is 14.5. The average molecular weight is 614 g/mol. The number of methoxy groups -OCH3 is 1. The second kappa shape index (κ2) is 17.7. The molecule has 11 nitrogen and oxygen atoms in total. The van der Waals surface area contributed by atoms with Gasteiger partial charge in [-0.15, -0.1) is 0 Å². The highest BCUT2D eigenvalue weighted by molar-refractivity contribution is 5.93. The third-order valence-electron chi connectivity index (χ3n) is 6.78. The molecule has 0 aliphatic heterocycles. The molecular weight excluding hydrogens is 566 g/mol. The molecule has 0 heterocycles.